The van der Waals surface area contributed by atoms with Gasteiger partial charge in [0.15, 0.2) is 0 Å². The predicted molar refractivity (Wildman–Crippen MR) is 118 cm³/mol. The van der Waals surface area contributed by atoms with Gasteiger partial charge in [-0.2, -0.15) is 26.3 Å². The second-order valence-corrected chi connectivity index (χ2v) is 8.54. The fourth-order valence-electron chi connectivity index (χ4n) is 3.77. The van der Waals surface area contributed by atoms with E-state index in [4.69, 9.17) is 24.5 Å². The maximum atomic E-state index is 10.6. The Labute approximate surface area is 212 Å². The highest BCUT2D eigenvalue weighted by Gasteiger charge is 2.42. The summed E-state index contributed by atoms with van der Waals surface area (Å²) < 4.78 is 71.5. The third kappa shape index (κ3) is 9.44. The number of anilines is 1. The van der Waals surface area contributed by atoms with E-state index in [2.05, 4.69) is 36.4 Å². The number of alkyl halides is 6. The number of ether oxygens (including phenoxy) is 1. The van der Waals surface area contributed by atoms with Crippen molar-refractivity contribution < 1.29 is 50.9 Å². The SMILES string of the molecule is Cn1ccnc1CN1CCOCC2(CCN(c3ncccn3)C2)C1.O=C(O)C(F)(F)F.O=C(O)C(F)(F)F. The van der Waals surface area contributed by atoms with Crippen molar-refractivity contribution in [1.29, 1.82) is 0 Å². The van der Waals surface area contributed by atoms with Crippen LogP contribution in [0.25, 0.3) is 0 Å². The molecule has 1 spiro atoms. The van der Waals surface area contributed by atoms with Crippen molar-refractivity contribution in [3.63, 3.8) is 0 Å². The van der Waals surface area contributed by atoms with Gasteiger partial charge < -0.3 is 24.4 Å². The number of hydrogen-bond acceptors (Lipinski definition) is 8. The molecule has 2 aliphatic heterocycles. The van der Waals surface area contributed by atoms with E-state index in [1.54, 1.807) is 0 Å². The topological polar surface area (TPSA) is 134 Å². The van der Waals surface area contributed by atoms with Gasteiger partial charge in [-0.15, -0.1) is 0 Å². The Balaban J connectivity index is 0.000000301. The molecule has 4 rings (SSSR count). The molecule has 0 aromatic carbocycles. The van der Waals surface area contributed by atoms with Crippen LogP contribution in [0.15, 0.2) is 30.9 Å². The van der Waals surface area contributed by atoms with Crippen LogP contribution in [0, 0.1) is 5.41 Å². The Morgan fingerprint density at radius 2 is 1.55 bits per heavy atom. The van der Waals surface area contributed by atoms with Crippen LogP contribution in [-0.2, 0) is 27.9 Å². The number of aliphatic carboxylic acids is 2. The molecule has 2 aromatic heterocycles. The number of halogens is 6. The fourth-order valence-corrected chi connectivity index (χ4v) is 3.77. The van der Waals surface area contributed by atoms with Gasteiger partial charge in [0.25, 0.3) is 0 Å². The second kappa shape index (κ2) is 12.9. The van der Waals surface area contributed by atoms with Crippen molar-refractivity contribution in [2.75, 3.05) is 44.3 Å². The smallest absolute Gasteiger partial charge is 0.475 e. The number of carboxylic acid groups (broad SMARTS) is 2. The summed E-state index contributed by atoms with van der Waals surface area (Å²) in [5.74, 6) is -3.58. The lowest BCUT2D eigenvalue weighted by molar-refractivity contribution is -0.193. The summed E-state index contributed by atoms with van der Waals surface area (Å²) >= 11 is 0. The predicted octanol–water partition coefficient (Wildman–Crippen LogP) is 2.21. The van der Waals surface area contributed by atoms with Gasteiger partial charge >= 0.3 is 24.3 Å². The molecule has 0 bridgehead atoms. The van der Waals surface area contributed by atoms with Crippen LogP contribution < -0.4 is 4.90 Å². The molecule has 38 heavy (non-hydrogen) atoms. The van der Waals surface area contributed by atoms with E-state index in [0.29, 0.717) is 0 Å². The lowest BCUT2D eigenvalue weighted by Gasteiger charge is -2.31. The number of carboxylic acids is 2. The molecule has 2 N–H and O–H groups in total. The molecule has 1 atom stereocenters. The number of carbonyl (C=O) groups is 2. The monoisotopic (exact) mass is 556 g/mol. The van der Waals surface area contributed by atoms with Crippen molar-refractivity contribution in [3.05, 3.63) is 36.7 Å². The number of hydrogen-bond donors (Lipinski definition) is 2. The first kappa shape index (κ1) is 30.8. The normalized spacial score (nSPS) is 20.1. The van der Waals surface area contributed by atoms with Crippen LogP contribution in [0.2, 0.25) is 0 Å². The van der Waals surface area contributed by atoms with Gasteiger partial charge in [0.2, 0.25) is 5.95 Å². The number of imidazole rings is 1. The first-order valence-electron chi connectivity index (χ1n) is 11.0. The largest absolute Gasteiger partial charge is 0.490 e. The minimum Gasteiger partial charge on any atom is -0.475 e. The van der Waals surface area contributed by atoms with Gasteiger partial charge in [0.1, 0.15) is 5.82 Å². The van der Waals surface area contributed by atoms with Gasteiger partial charge in [-0.1, -0.05) is 0 Å². The van der Waals surface area contributed by atoms with Gasteiger partial charge in [0, 0.05) is 63.4 Å². The highest BCUT2D eigenvalue weighted by molar-refractivity contribution is 5.73. The van der Waals surface area contributed by atoms with Crippen molar-refractivity contribution in [2.45, 2.75) is 25.3 Å². The molecule has 2 aliphatic rings. The molecule has 1 unspecified atom stereocenters. The third-order valence-electron chi connectivity index (χ3n) is 5.56. The zero-order chi connectivity index (χ0) is 28.6. The highest BCUT2D eigenvalue weighted by atomic mass is 19.4. The number of aromatic nitrogens is 4. The van der Waals surface area contributed by atoms with Crippen LogP contribution in [0.4, 0.5) is 32.3 Å². The Hall–Kier alpha value is -3.47. The molecule has 0 saturated carbocycles. The Bertz CT molecular complexity index is 1030. The number of rotatable bonds is 3. The molecule has 2 aromatic rings. The van der Waals surface area contributed by atoms with E-state index < -0.39 is 24.3 Å². The molecule has 2 saturated heterocycles. The molecule has 11 nitrogen and oxygen atoms in total. The molecule has 17 heteroatoms. The van der Waals surface area contributed by atoms with Crippen molar-refractivity contribution in [1.82, 2.24) is 24.4 Å². The minimum atomic E-state index is -5.08. The summed E-state index contributed by atoms with van der Waals surface area (Å²) in [7, 11) is 2.05. The maximum absolute atomic E-state index is 10.6. The van der Waals surface area contributed by atoms with Gasteiger partial charge in [-0.3, -0.25) is 4.90 Å². The summed E-state index contributed by atoms with van der Waals surface area (Å²) in [6.45, 7) is 6.40. The van der Waals surface area contributed by atoms with Crippen LogP contribution in [0.3, 0.4) is 0 Å². The van der Waals surface area contributed by atoms with Gasteiger partial charge in [-0.25, -0.2) is 24.5 Å². The summed E-state index contributed by atoms with van der Waals surface area (Å²) in [6.07, 6.45) is -1.57. The Kier molecular flexibility index (Phi) is 10.4. The van der Waals surface area contributed by atoms with Crippen molar-refractivity contribution in [3.8, 4) is 0 Å². The van der Waals surface area contributed by atoms with Gasteiger partial charge in [-0.05, 0) is 12.5 Å². The molecule has 0 amide bonds. The minimum absolute atomic E-state index is 0.154. The zero-order valence-electron chi connectivity index (χ0n) is 20.1. The lowest BCUT2D eigenvalue weighted by Crippen LogP contribution is -2.41. The standard InChI is InChI=1S/C17H24N6O.2C2HF3O2/c1-21-8-6-18-15(21)11-22-9-10-24-14-17(12-22)3-7-23(13-17)16-19-4-2-5-20-16;2*3-2(4,5)1(6)7/h2,4-6,8H,3,7,9-14H2,1H3;2*(H,6,7). The molecule has 4 heterocycles. The second-order valence-electron chi connectivity index (χ2n) is 8.54. The zero-order valence-corrected chi connectivity index (χ0v) is 20.1. The molecule has 2 fully saturated rings. The first-order valence-corrected chi connectivity index (χ1v) is 11.0. The highest BCUT2D eigenvalue weighted by Crippen LogP contribution is 2.35. The van der Waals surface area contributed by atoms with Crippen LogP contribution in [-0.4, -0.2) is 98.3 Å². The Morgan fingerprint density at radius 3 is 2.05 bits per heavy atom. The van der Waals surface area contributed by atoms with E-state index in [-0.39, 0.29) is 5.41 Å². The van der Waals surface area contributed by atoms with E-state index in [9.17, 15) is 26.3 Å². The van der Waals surface area contributed by atoms with Crippen molar-refractivity contribution >= 4 is 17.9 Å². The average molecular weight is 556 g/mol. The van der Waals surface area contributed by atoms with Crippen molar-refractivity contribution in [2.24, 2.45) is 12.5 Å². The maximum Gasteiger partial charge on any atom is 0.490 e. The summed E-state index contributed by atoms with van der Waals surface area (Å²) in [5, 5.41) is 14.2. The van der Waals surface area contributed by atoms with E-state index >= 15 is 0 Å². The molecular weight excluding hydrogens is 530 g/mol. The number of nitrogens with zero attached hydrogens (tertiary/aromatic N) is 6. The van der Waals surface area contributed by atoms with Crippen LogP contribution >= 0.6 is 0 Å². The Morgan fingerprint density at radius 1 is 0.974 bits per heavy atom. The third-order valence-corrected chi connectivity index (χ3v) is 5.56. The molecule has 212 valence electrons. The summed E-state index contributed by atoms with van der Waals surface area (Å²) in [4.78, 5) is 35.8. The van der Waals surface area contributed by atoms with E-state index in [1.807, 2.05) is 30.9 Å². The molecule has 0 aliphatic carbocycles. The molecule has 0 radical (unpaired) electrons. The van der Waals surface area contributed by atoms with E-state index in [1.165, 1.54) is 0 Å². The quantitative estimate of drug-likeness (QED) is 0.542. The molecular formula is C21H26F6N6O5. The van der Waals surface area contributed by atoms with Crippen LogP contribution in [0.5, 0.6) is 0 Å². The van der Waals surface area contributed by atoms with Crippen LogP contribution in [0.1, 0.15) is 12.2 Å². The summed E-state index contributed by atoms with van der Waals surface area (Å²) in [6, 6.07) is 1.86. The lowest BCUT2D eigenvalue weighted by atomic mass is 9.87. The fraction of sp³-hybridized carbons (Fsp3) is 0.571. The number of aryl methyl sites for hydroxylation is 1. The average Bonchev–Trinajstić information content (AvgIpc) is 3.37. The van der Waals surface area contributed by atoms with Gasteiger partial charge in [0.05, 0.1) is 19.8 Å². The van der Waals surface area contributed by atoms with E-state index in [0.717, 1.165) is 64.1 Å². The summed E-state index contributed by atoms with van der Waals surface area (Å²) in [5.41, 5.74) is 0.154. The first-order chi connectivity index (χ1) is 17.6.